The molecule has 0 spiro atoms. The second kappa shape index (κ2) is 9.91. The molecule has 2 fully saturated rings. The molecule has 2 aliphatic rings. The fourth-order valence-electron chi connectivity index (χ4n) is 4.84. The van der Waals surface area contributed by atoms with Crippen LogP contribution in [0.3, 0.4) is 0 Å². The molecule has 152 valence electrons. The van der Waals surface area contributed by atoms with Crippen LogP contribution in [0.5, 0.6) is 5.75 Å². The van der Waals surface area contributed by atoms with Crippen molar-refractivity contribution < 1.29 is 4.74 Å². The van der Waals surface area contributed by atoms with Crippen LogP contribution in [0.25, 0.3) is 0 Å². The Morgan fingerprint density at radius 3 is 2.52 bits per heavy atom. The van der Waals surface area contributed by atoms with E-state index >= 15 is 0 Å². The van der Waals surface area contributed by atoms with Gasteiger partial charge in [-0.1, -0.05) is 42.5 Å². The van der Waals surface area contributed by atoms with Crippen molar-refractivity contribution in [2.45, 2.75) is 69.7 Å². The van der Waals surface area contributed by atoms with Crippen LogP contribution in [0.4, 0.5) is 0 Å². The number of unbranched alkanes of at least 4 members (excludes halogenated alkanes) is 1. The maximum atomic E-state index is 8.62. The van der Waals surface area contributed by atoms with E-state index in [1.807, 2.05) is 6.07 Å². The van der Waals surface area contributed by atoms with Crippen LogP contribution < -0.4 is 10.1 Å². The topological polar surface area (TPSA) is 48.3 Å². The lowest BCUT2D eigenvalue weighted by atomic mass is 9.96. The maximum absolute atomic E-state index is 8.62. The molecule has 0 saturated carbocycles. The maximum Gasteiger partial charge on any atom is 0.119 e. The highest BCUT2D eigenvalue weighted by atomic mass is 16.5. The van der Waals surface area contributed by atoms with E-state index in [1.165, 1.54) is 36.8 Å². The molecule has 2 aliphatic heterocycles. The van der Waals surface area contributed by atoms with Crippen LogP contribution in [0, 0.1) is 11.3 Å². The van der Waals surface area contributed by atoms with E-state index in [1.54, 1.807) is 0 Å². The van der Waals surface area contributed by atoms with Gasteiger partial charge < -0.3 is 10.1 Å². The van der Waals surface area contributed by atoms with E-state index in [9.17, 15) is 0 Å². The fraction of sp³-hybridized carbons (Fsp3) is 0.480. The van der Waals surface area contributed by atoms with Crippen molar-refractivity contribution in [1.29, 1.82) is 5.26 Å². The van der Waals surface area contributed by atoms with Crippen LogP contribution in [0.2, 0.25) is 0 Å². The quantitative estimate of drug-likeness (QED) is 0.634. The van der Waals surface area contributed by atoms with Crippen LogP contribution in [-0.4, -0.2) is 29.6 Å². The Morgan fingerprint density at radius 2 is 1.76 bits per heavy atom. The molecule has 0 aliphatic carbocycles. The van der Waals surface area contributed by atoms with Gasteiger partial charge in [-0.25, -0.2) is 0 Å². The molecule has 2 heterocycles. The summed E-state index contributed by atoms with van der Waals surface area (Å²) in [7, 11) is 0. The first kappa shape index (κ1) is 19.9. The summed E-state index contributed by atoms with van der Waals surface area (Å²) in [5.41, 5.74) is 2.70. The Morgan fingerprint density at radius 1 is 1.00 bits per heavy atom. The lowest BCUT2D eigenvalue weighted by Gasteiger charge is -2.39. The van der Waals surface area contributed by atoms with Crippen LogP contribution >= 0.6 is 0 Å². The molecule has 0 radical (unpaired) electrons. The van der Waals surface area contributed by atoms with Gasteiger partial charge in [0, 0.05) is 37.6 Å². The second-order valence-electron chi connectivity index (χ2n) is 8.35. The monoisotopic (exact) mass is 389 g/mol. The third kappa shape index (κ3) is 5.38. The summed E-state index contributed by atoms with van der Waals surface area (Å²) in [5, 5.41) is 12.4. The summed E-state index contributed by atoms with van der Waals surface area (Å²) in [6, 6.07) is 23.4. The van der Waals surface area contributed by atoms with Crippen LogP contribution in [0.1, 0.15) is 49.7 Å². The summed E-state index contributed by atoms with van der Waals surface area (Å²) < 4.78 is 5.77. The Balaban J connectivity index is 1.26. The minimum Gasteiger partial charge on any atom is -0.494 e. The van der Waals surface area contributed by atoms with E-state index in [0.29, 0.717) is 31.2 Å². The van der Waals surface area contributed by atoms with E-state index in [-0.39, 0.29) is 0 Å². The lowest BCUT2D eigenvalue weighted by molar-refractivity contribution is 0.109. The van der Waals surface area contributed by atoms with E-state index in [4.69, 9.17) is 10.00 Å². The van der Waals surface area contributed by atoms with Gasteiger partial charge >= 0.3 is 0 Å². The average Bonchev–Trinajstić information content (AvgIpc) is 2.98. The van der Waals surface area contributed by atoms with Crippen LogP contribution in [-0.2, 0) is 13.1 Å². The Kier molecular flexibility index (Phi) is 6.82. The normalized spacial score (nSPS) is 23.6. The number of hydrogen-bond donors (Lipinski definition) is 1. The number of piperidine rings is 1. The van der Waals surface area contributed by atoms with Gasteiger partial charge in [0.15, 0.2) is 0 Å². The smallest absolute Gasteiger partial charge is 0.119 e. The first-order valence-electron chi connectivity index (χ1n) is 10.9. The fourth-order valence-corrected chi connectivity index (χ4v) is 4.84. The molecule has 2 aromatic rings. The van der Waals surface area contributed by atoms with Crippen molar-refractivity contribution in [3.8, 4) is 11.8 Å². The van der Waals surface area contributed by atoms with Crippen molar-refractivity contribution in [2.24, 2.45) is 0 Å². The molecule has 2 unspecified atom stereocenters. The van der Waals surface area contributed by atoms with E-state index in [2.05, 4.69) is 64.8 Å². The predicted octanol–water partition coefficient (Wildman–Crippen LogP) is 4.65. The molecular formula is C25H31N3O. The number of nitrogens with one attached hydrogen (secondary N) is 1. The minimum absolute atomic E-state index is 0.548. The number of hydrogen-bond acceptors (Lipinski definition) is 4. The Bertz CT molecular complexity index is 802. The van der Waals surface area contributed by atoms with Gasteiger partial charge in [-0.2, -0.15) is 5.26 Å². The summed E-state index contributed by atoms with van der Waals surface area (Å²) in [4.78, 5) is 2.74. The number of fused-ring (bicyclic) bond motifs is 2. The molecule has 29 heavy (non-hydrogen) atoms. The molecule has 1 N–H and O–H groups in total. The molecule has 4 heteroatoms. The molecule has 2 aromatic carbocycles. The average molecular weight is 390 g/mol. The zero-order valence-corrected chi connectivity index (χ0v) is 17.1. The molecule has 2 atom stereocenters. The molecule has 2 saturated heterocycles. The first-order valence-corrected chi connectivity index (χ1v) is 10.9. The highest BCUT2D eigenvalue weighted by molar-refractivity contribution is 5.28. The van der Waals surface area contributed by atoms with Crippen molar-refractivity contribution in [2.75, 3.05) is 6.61 Å². The molecular weight excluding hydrogens is 358 g/mol. The SMILES string of the molecule is N#CCCCOc1cccc(CNC2CC3CCC(C2)N3Cc2ccccc2)c1. The Hall–Kier alpha value is -2.35. The van der Waals surface area contributed by atoms with Crippen molar-refractivity contribution in [1.82, 2.24) is 10.2 Å². The van der Waals surface area contributed by atoms with E-state index < -0.39 is 0 Å². The van der Waals surface area contributed by atoms with Gasteiger partial charge in [-0.3, -0.25) is 4.90 Å². The van der Waals surface area contributed by atoms with Gasteiger partial charge in [-0.15, -0.1) is 0 Å². The third-order valence-electron chi connectivity index (χ3n) is 6.29. The predicted molar refractivity (Wildman–Crippen MR) is 115 cm³/mol. The van der Waals surface area contributed by atoms with Crippen molar-refractivity contribution in [3.05, 3.63) is 65.7 Å². The third-order valence-corrected chi connectivity index (χ3v) is 6.29. The molecule has 2 bridgehead atoms. The summed E-state index contributed by atoms with van der Waals surface area (Å²) in [5.74, 6) is 0.903. The van der Waals surface area contributed by atoms with Gasteiger partial charge in [-0.05, 0) is 55.4 Å². The second-order valence-corrected chi connectivity index (χ2v) is 8.35. The van der Waals surface area contributed by atoms with Gasteiger partial charge in [0.25, 0.3) is 0 Å². The minimum atomic E-state index is 0.548. The standard InChI is InChI=1S/C25H31N3O/c26-13-4-5-14-29-25-10-6-9-21(15-25)18-27-22-16-23-11-12-24(17-22)28(23)19-20-7-2-1-3-8-20/h1-3,6-10,15,22-24,27H,4-5,11-12,14,16-19H2. The summed E-state index contributed by atoms with van der Waals surface area (Å²) >= 11 is 0. The number of ether oxygens (including phenoxy) is 1. The largest absolute Gasteiger partial charge is 0.494 e. The highest BCUT2D eigenvalue weighted by Gasteiger charge is 2.40. The molecule has 0 amide bonds. The van der Waals surface area contributed by atoms with Gasteiger partial charge in [0.2, 0.25) is 0 Å². The molecule has 0 aromatic heterocycles. The number of nitriles is 1. The Labute approximate surface area is 174 Å². The molecule has 4 rings (SSSR count). The summed E-state index contributed by atoms with van der Waals surface area (Å²) in [6.45, 7) is 2.58. The molecule has 4 nitrogen and oxygen atoms in total. The first-order chi connectivity index (χ1) is 14.3. The van der Waals surface area contributed by atoms with Gasteiger partial charge in [0.05, 0.1) is 12.7 Å². The van der Waals surface area contributed by atoms with Crippen molar-refractivity contribution in [3.63, 3.8) is 0 Å². The van der Waals surface area contributed by atoms with Gasteiger partial charge in [0.1, 0.15) is 5.75 Å². The number of benzene rings is 2. The number of rotatable bonds is 9. The van der Waals surface area contributed by atoms with E-state index in [0.717, 1.165) is 25.3 Å². The highest BCUT2D eigenvalue weighted by Crippen LogP contribution is 2.37. The van der Waals surface area contributed by atoms with Crippen LogP contribution in [0.15, 0.2) is 54.6 Å². The lowest BCUT2D eigenvalue weighted by Crippen LogP contribution is -2.48. The number of nitrogens with zero attached hydrogens (tertiary/aromatic N) is 2. The van der Waals surface area contributed by atoms with Crippen molar-refractivity contribution >= 4 is 0 Å². The zero-order chi connectivity index (χ0) is 19.9. The zero-order valence-electron chi connectivity index (χ0n) is 17.1. The summed E-state index contributed by atoms with van der Waals surface area (Å²) in [6.07, 6.45) is 6.49.